The number of hydrogen-bond donors (Lipinski definition) is 1. The van der Waals surface area contributed by atoms with E-state index in [1.54, 1.807) is 0 Å². The molecule has 1 N–H and O–H groups in total. The molecule has 1 amide bonds. The summed E-state index contributed by atoms with van der Waals surface area (Å²) in [6.07, 6.45) is 5.10. The SMILES string of the molecule is O=C(CNCC1CC1)N1CCCC(CN2CCOCC2)C1. The van der Waals surface area contributed by atoms with Gasteiger partial charge < -0.3 is 15.0 Å². The molecule has 1 unspecified atom stereocenters. The lowest BCUT2D eigenvalue weighted by molar-refractivity contribution is -0.132. The topological polar surface area (TPSA) is 44.8 Å². The minimum absolute atomic E-state index is 0.294. The molecule has 3 aliphatic rings. The third kappa shape index (κ3) is 4.94. The molecule has 1 aliphatic carbocycles. The number of piperidine rings is 1. The number of nitrogens with zero attached hydrogens (tertiary/aromatic N) is 2. The minimum Gasteiger partial charge on any atom is -0.379 e. The van der Waals surface area contributed by atoms with Crippen molar-refractivity contribution in [3.8, 4) is 0 Å². The Balaban J connectivity index is 1.37. The van der Waals surface area contributed by atoms with Gasteiger partial charge in [-0.1, -0.05) is 0 Å². The highest BCUT2D eigenvalue weighted by molar-refractivity contribution is 5.78. The fourth-order valence-electron chi connectivity index (χ4n) is 3.41. The van der Waals surface area contributed by atoms with E-state index in [0.29, 0.717) is 18.4 Å². The van der Waals surface area contributed by atoms with E-state index in [1.165, 1.54) is 19.3 Å². The predicted octanol–water partition coefficient (Wildman–Crippen LogP) is 0.557. The second-order valence-electron chi connectivity index (χ2n) is 6.84. The van der Waals surface area contributed by atoms with Crippen LogP contribution in [0.3, 0.4) is 0 Å². The van der Waals surface area contributed by atoms with E-state index < -0.39 is 0 Å². The summed E-state index contributed by atoms with van der Waals surface area (Å²) in [6.45, 7) is 8.40. The molecule has 2 aliphatic heterocycles. The van der Waals surface area contributed by atoms with Crippen molar-refractivity contribution in [2.75, 3.05) is 59.0 Å². The first-order chi connectivity index (χ1) is 10.3. The summed E-state index contributed by atoms with van der Waals surface area (Å²) < 4.78 is 5.40. The van der Waals surface area contributed by atoms with Gasteiger partial charge in [0.1, 0.15) is 0 Å². The van der Waals surface area contributed by atoms with Crippen LogP contribution in [0.4, 0.5) is 0 Å². The van der Waals surface area contributed by atoms with Crippen LogP contribution in [0.25, 0.3) is 0 Å². The number of likely N-dealkylation sites (tertiary alicyclic amines) is 1. The fourth-order valence-corrected chi connectivity index (χ4v) is 3.41. The van der Waals surface area contributed by atoms with Gasteiger partial charge in [0, 0.05) is 32.7 Å². The van der Waals surface area contributed by atoms with Gasteiger partial charge in [0.15, 0.2) is 0 Å². The fraction of sp³-hybridized carbons (Fsp3) is 0.938. The van der Waals surface area contributed by atoms with Crippen LogP contribution in [0, 0.1) is 11.8 Å². The van der Waals surface area contributed by atoms with Gasteiger partial charge in [-0.25, -0.2) is 0 Å². The van der Waals surface area contributed by atoms with Gasteiger partial charge in [0.05, 0.1) is 19.8 Å². The van der Waals surface area contributed by atoms with Crippen molar-refractivity contribution < 1.29 is 9.53 Å². The molecule has 120 valence electrons. The Bertz CT molecular complexity index is 340. The molecule has 5 heteroatoms. The molecular weight excluding hydrogens is 266 g/mol. The van der Waals surface area contributed by atoms with Gasteiger partial charge in [-0.2, -0.15) is 0 Å². The van der Waals surface area contributed by atoms with Crippen LogP contribution in [-0.2, 0) is 9.53 Å². The monoisotopic (exact) mass is 295 g/mol. The molecule has 1 saturated carbocycles. The Hall–Kier alpha value is -0.650. The van der Waals surface area contributed by atoms with Gasteiger partial charge in [-0.15, -0.1) is 0 Å². The van der Waals surface area contributed by atoms with Crippen LogP contribution in [0.2, 0.25) is 0 Å². The number of amides is 1. The van der Waals surface area contributed by atoms with Crippen molar-refractivity contribution >= 4 is 5.91 Å². The Kier molecular flexibility index (Phi) is 5.49. The van der Waals surface area contributed by atoms with Crippen LogP contribution in [0.15, 0.2) is 0 Å². The maximum Gasteiger partial charge on any atom is 0.236 e. The lowest BCUT2D eigenvalue weighted by Crippen LogP contribution is -2.48. The molecule has 0 aromatic rings. The summed E-state index contributed by atoms with van der Waals surface area (Å²) in [5.74, 6) is 1.78. The highest BCUT2D eigenvalue weighted by Crippen LogP contribution is 2.27. The Labute approximate surface area is 128 Å². The first kappa shape index (κ1) is 15.3. The van der Waals surface area contributed by atoms with Crippen molar-refractivity contribution in [2.45, 2.75) is 25.7 Å². The summed E-state index contributed by atoms with van der Waals surface area (Å²) in [7, 11) is 0. The van der Waals surface area contributed by atoms with Gasteiger partial charge in [0.2, 0.25) is 5.91 Å². The molecule has 3 fully saturated rings. The summed E-state index contributed by atoms with van der Waals surface area (Å²) >= 11 is 0. The second kappa shape index (κ2) is 7.56. The number of hydrogen-bond acceptors (Lipinski definition) is 4. The highest BCUT2D eigenvalue weighted by atomic mass is 16.5. The average Bonchev–Trinajstić information content (AvgIpc) is 3.33. The molecule has 2 heterocycles. The van der Waals surface area contributed by atoms with Gasteiger partial charge >= 0.3 is 0 Å². The van der Waals surface area contributed by atoms with E-state index in [4.69, 9.17) is 4.74 Å². The van der Waals surface area contributed by atoms with Crippen molar-refractivity contribution in [3.63, 3.8) is 0 Å². The van der Waals surface area contributed by atoms with Crippen molar-refractivity contribution in [1.29, 1.82) is 0 Å². The molecule has 3 rings (SSSR count). The summed E-state index contributed by atoms with van der Waals surface area (Å²) in [5, 5.41) is 3.32. The summed E-state index contributed by atoms with van der Waals surface area (Å²) in [4.78, 5) is 16.8. The number of nitrogens with one attached hydrogen (secondary N) is 1. The third-order valence-corrected chi connectivity index (χ3v) is 4.90. The standard InChI is InChI=1S/C16H29N3O2/c20-16(11-17-10-14-3-4-14)19-5-1-2-15(13-19)12-18-6-8-21-9-7-18/h14-15,17H,1-13H2. The van der Waals surface area contributed by atoms with Gasteiger partial charge in [-0.3, -0.25) is 9.69 Å². The lowest BCUT2D eigenvalue weighted by atomic mass is 9.97. The van der Waals surface area contributed by atoms with E-state index in [0.717, 1.165) is 64.8 Å². The quantitative estimate of drug-likeness (QED) is 0.777. The molecule has 2 saturated heterocycles. The second-order valence-corrected chi connectivity index (χ2v) is 6.84. The molecule has 1 atom stereocenters. The molecule has 0 radical (unpaired) electrons. The third-order valence-electron chi connectivity index (χ3n) is 4.90. The number of rotatable bonds is 6. The van der Waals surface area contributed by atoms with Crippen LogP contribution in [-0.4, -0.2) is 74.7 Å². The lowest BCUT2D eigenvalue weighted by Gasteiger charge is -2.36. The van der Waals surface area contributed by atoms with E-state index in [2.05, 4.69) is 15.1 Å². The summed E-state index contributed by atoms with van der Waals surface area (Å²) in [6, 6.07) is 0. The summed E-state index contributed by atoms with van der Waals surface area (Å²) in [5.41, 5.74) is 0. The van der Waals surface area contributed by atoms with Crippen LogP contribution in [0.1, 0.15) is 25.7 Å². The van der Waals surface area contributed by atoms with E-state index in [-0.39, 0.29) is 0 Å². The van der Waals surface area contributed by atoms with E-state index in [1.807, 2.05) is 0 Å². The highest BCUT2D eigenvalue weighted by Gasteiger charge is 2.26. The molecule has 5 nitrogen and oxygen atoms in total. The molecule has 0 spiro atoms. The average molecular weight is 295 g/mol. The Morgan fingerprint density at radius 3 is 2.67 bits per heavy atom. The molecular formula is C16H29N3O2. The first-order valence-corrected chi connectivity index (χ1v) is 8.60. The van der Waals surface area contributed by atoms with Crippen molar-refractivity contribution in [3.05, 3.63) is 0 Å². The largest absolute Gasteiger partial charge is 0.379 e. The number of morpholine rings is 1. The molecule has 21 heavy (non-hydrogen) atoms. The molecule has 0 aromatic heterocycles. The predicted molar refractivity (Wildman–Crippen MR) is 82.2 cm³/mol. The van der Waals surface area contributed by atoms with Gasteiger partial charge in [-0.05, 0) is 44.1 Å². The smallest absolute Gasteiger partial charge is 0.236 e. The maximum absolute atomic E-state index is 12.3. The zero-order chi connectivity index (χ0) is 14.5. The van der Waals surface area contributed by atoms with Crippen LogP contribution in [0.5, 0.6) is 0 Å². The van der Waals surface area contributed by atoms with Crippen molar-refractivity contribution in [1.82, 2.24) is 15.1 Å². The van der Waals surface area contributed by atoms with E-state index >= 15 is 0 Å². The normalized spacial score (nSPS) is 27.8. The van der Waals surface area contributed by atoms with Crippen LogP contribution < -0.4 is 5.32 Å². The van der Waals surface area contributed by atoms with E-state index in [9.17, 15) is 4.79 Å². The number of ether oxygens (including phenoxy) is 1. The Morgan fingerprint density at radius 1 is 1.10 bits per heavy atom. The van der Waals surface area contributed by atoms with Crippen molar-refractivity contribution in [2.24, 2.45) is 11.8 Å². The number of carbonyl (C=O) groups is 1. The first-order valence-electron chi connectivity index (χ1n) is 8.60. The van der Waals surface area contributed by atoms with Crippen LogP contribution >= 0.6 is 0 Å². The maximum atomic E-state index is 12.3. The zero-order valence-corrected chi connectivity index (χ0v) is 13.1. The van der Waals surface area contributed by atoms with Gasteiger partial charge in [0.25, 0.3) is 0 Å². The molecule has 0 bridgehead atoms. The molecule has 0 aromatic carbocycles. The Morgan fingerprint density at radius 2 is 1.90 bits per heavy atom. The number of carbonyl (C=O) groups excluding carboxylic acids is 1. The minimum atomic E-state index is 0.294. The zero-order valence-electron chi connectivity index (χ0n) is 13.1.